The van der Waals surface area contributed by atoms with Crippen molar-refractivity contribution in [2.75, 3.05) is 10.7 Å². The van der Waals surface area contributed by atoms with E-state index >= 15 is 0 Å². The van der Waals surface area contributed by atoms with Gasteiger partial charge in [0.1, 0.15) is 7.00 Å². The summed E-state index contributed by atoms with van der Waals surface area (Å²) in [5.74, 6) is 0. The summed E-state index contributed by atoms with van der Waals surface area (Å²) in [5.41, 5.74) is 22.5. The second-order valence-electron chi connectivity index (χ2n) is 42.9. The fourth-order valence-electron chi connectivity index (χ4n) is 16.9. The zero-order chi connectivity index (χ0) is 112. The predicted molar refractivity (Wildman–Crippen MR) is 697 cm³/mol. The molecule has 0 amide bonds. The van der Waals surface area contributed by atoms with E-state index in [1.165, 1.54) is 205 Å². The quantitative estimate of drug-likeness (QED) is 0.0517. The summed E-state index contributed by atoms with van der Waals surface area (Å²) in [4.78, 5) is 22.1. The molecule has 0 N–H and O–H groups in total. The maximum absolute atomic E-state index is 6.50. The average molecular weight is 2600 g/mol. The molecule has 21 rings (SSSR count). The number of pyridine rings is 2. The Morgan fingerprint density at radius 2 is 0.688 bits per heavy atom. The molecule has 14 heterocycles. The number of halogens is 5. The average Bonchev–Trinajstić information content (AvgIpc) is 1.60. The molecule has 0 saturated heterocycles. The largest absolute Gasteiger partial charge is 1.00 e. The van der Waals surface area contributed by atoms with E-state index in [2.05, 4.69) is 454 Å². The van der Waals surface area contributed by atoms with Gasteiger partial charge in [0.2, 0.25) is 0 Å². The number of aromatic nitrogens is 4. The molecule has 0 bridgehead atoms. The second kappa shape index (κ2) is 55.2. The first kappa shape index (κ1) is 112. The van der Waals surface area contributed by atoms with Crippen molar-refractivity contribution < 1.29 is 39.9 Å². The maximum atomic E-state index is 6.50. The van der Waals surface area contributed by atoms with E-state index in [1.54, 1.807) is 51.8 Å². The van der Waals surface area contributed by atoms with Crippen molar-refractivity contribution in [2.45, 2.75) is 264 Å². The van der Waals surface area contributed by atoms with Crippen molar-refractivity contribution in [3.8, 4) is 22.5 Å². The minimum absolute atomic E-state index is 0. The standard InChI is InChI=1S/C29H33NS2.C29H32NS2.C21H26.C10H6Br2N2.2C9H9BrS2.C6H4S2.CH5BP.CH3B.CH4.3CH3.BrH2P.Na.Sn.3H2.H/c2*1-28(2,3)19-9-11-24-22(16-19)23-17-20(29(4,5)6)10-12-25(23)30(24)14-7-8-21-18-27-26(32-21)13-15-31-27;1-20(2,3)16-9-7-14-11-15-8-10-17(21(4,5)6)13-19(15)18(14)12-16;11-7-1-3-13-9(5-7)10-6-8(12)2-4-14-10;2*10-4-1-2-7-6-9-8(12-7)3-5-11-9;1-3-7-6-2-4-8-5(1)6;1-2-3;1-2;;;;;1-2;;;;;;/h9-13,15-18H,7-8,14H2,1-6H3;9-13,16-18H,7-8,14H2,1-6H3;7-10,12-13H,11H2,1-6H3;1-6H;2*3,5-6H,1-2,4H2;1-4H;3H2,1H3;1H3;1H4;3*1H3;2H2;;;3*1H;/q;;;;;;;;;;;;;;+1;;;;;-1/i;;;;;;;3TD;;;;;;2T2;;;2*1+2T;1+2D;. The summed E-state index contributed by atoms with van der Waals surface area (Å²) in [6.07, 6.45) is 14.1. The summed E-state index contributed by atoms with van der Waals surface area (Å²) in [6.45, 7) is 48.3. The van der Waals surface area contributed by atoms with Crippen LogP contribution in [0.2, 0.25) is 28.5 Å². The van der Waals surface area contributed by atoms with Gasteiger partial charge in [-0.1, -0.05) is 281 Å². The van der Waals surface area contributed by atoms with Crippen LogP contribution in [0.25, 0.3) is 113 Å². The van der Waals surface area contributed by atoms with E-state index in [-0.39, 0.29) is 70.9 Å². The number of nitrogens with zero attached hydrogens (tertiary/aromatic N) is 4. The number of aryl methyl sites for hydroxylation is 6. The van der Waals surface area contributed by atoms with E-state index in [4.69, 9.17) is 14.0 Å². The number of benzene rings is 6. The van der Waals surface area contributed by atoms with Crippen molar-refractivity contribution in [3.05, 3.63) is 306 Å². The van der Waals surface area contributed by atoms with Gasteiger partial charge in [0, 0.05) is 124 Å². The fraction of sp³-hybridized carbons (Fsp3) is 0.361. The predicted octanol–water partition coefficient (Wildman–Crippen LogP) is 40.6. The molecule has 25 heteroatoms. The number of fused-ring (bicyclic) bond motifs is 14. The Kier molecular flexibility index (Phi) is 42.9. The molecular formula is C119H149B2Br5N4NaP2S10Sn. The van der Waals surface area contributed by atoms with Crippen LogP contribution in [0.3, 0.4) is 0 Å². The van der Waals surface area contributed by atoms with Crippen LogP contribution in [0.4, 0.5) is 0 Å². The first-order valence-electron chi connectivity index (χ1n) is 53.5. The van der Waals surface area contributed by atoms with Gasteiger partial charge in [-0.15, -0.1) is 90.7 Å². The van der Waals surface area contributed by atoms with Crippen LogP contribution < -0.4 is 32.5 Å². The molecule has 1 unspecified atom stereocenters. The van der Waals surface area contributed by atoms with Crippen LogP contribution in [-0.4, -0.2) is 68.1 Å². The van der Waals surface area contributed by atoms with E-state index in [9.17, 15) is 0 Å². The molecule has 1 aliphatic carbocycles. The van der Waals surface area contributed by atoms with Crippen LogP contribution >= 0.6 is 209 Å². The van der Waals surface area contributed by atoms with Crippen molar-refractivity contribution in [2.24, 2.45) is 0 Å². The molecule has 3 radical (unpaired) electrons. The summed E-state index contributed by atoms with van der Waals surface area (Å²) in [5, 5.41) is 18.6. The maximum Gasteiger partial charge on any atom is 1.00 e. The number of hydrogen-bond donors (Lipinski definition) is 0. The number of thiophene rings is 10. The van der Waals surface area contributed by atoms with Gasteiger partial charge in [-0.05, 0) is 257 Å². The molecule has 0 aliphatic heterocycles. The van der Waals surface area contributed by atoms with Gasteiger partial charge in [0.05, 0.1) is 21.8 Å². The van der Waals surface area contributed by atoms with Gasteiger partial charge in [-0.3, -0.25) is 9.97 Å². The molecule has 6 aromatic carbocycles. The van der Waals surface area contributed by atoms with Gasteiger partial charge in [-0.2, -0.15) is 9.01 Å². The summed E-state index contributed by atoms with van der Waals surface area (Å²) < 4.78 is 78.8. The Morgan fingerprint density at radius 1 is 0.417 bits per heavy atom. The van der Waals surface area contributed by atoms with Crippen molar-refractivity contribution in [3.63, 3.8) is 0 Å². The van der Waals surface area contributed by atoms with Crippen LogP contribution in [0, 0.1) is 0 Å². The number of hydrogen-bond acceptors (Lipinski definition) is 12. The topological polar surface area (TPSA) is 35.6 Å². The third-order valence-electron chi connectivity index (χ3n) is 24.9. The molecule has 1 aliphatic rings. The first-order chi connectivity index (χ1) is 72.0. The van der Waals surface area contributed by atoms with Gasteiger partial charge >= 0.3 is 197 Å². The molecule has 14 aromatic heterocycles. The smallest absolute Gasteiger partial charge is 1.00 e. The third kappa shape index (κ3) is 32.9. The Labute approximate surface area is 991 Å². The van der Waals surface area contributed by atoms with E-state index in [1.807, 2.05) is 104 Å². The Morgan fingerprint density at radius 3 is 0.965 bits per heavy atom. The van der Waals surface area contributed by atoms with Crippen molar-refractivity contribution in [1.29, 1.82) is 5.11 Å². The molecule has 0 saturated carbocycles. The SMILES string of the molecule is BrCCCc1cc2sccc2s1.BrCCCc1cc2sccc2s1.Brc1ccnc(-c2cc(Br)ccn2)c1.C.CC(C)(C)c1ccc2c(c1)-c1cc(C(C)(C)C)ccc1C2.CC(C)(C)c1ccc2c(c1)c1cc(C(C)(C)C)ccc1n2CCCc1cc2s[c]([Sn]([CH3])([CH3])[CH3])cc2s1.CC(C)(C)c1ccc2c(c1)c1cc(C(C)(C)C)ccc1n2CCCc1cc2sccc2s1.[2H]P([3H])[B]C.[2H][3H].[3H]P([3H])Br.[3H][3H].[3H][3H].[B]C.[H-].[Na+].c1cc2sccc2s1. The van der Waals surface area contributed by atoms with Crippen LogP contribution in [0.5, 0.6) is 0 Å². The normalized spacial score (nSPS) is 12.7. The van der Waals surface area contributed by atoms with Gasteiger partial charge in [0.25, 0.3) is 0 Å². The first-order valence-corrected chi connectivity index (χ1v) is 74.0. The van der Waals surface area contributed by atoms with Crippen molar-refractivity contribution in [1.82, 2.24) is 19.1 Å². The minimum Gasteiger partial charge on any atom is -1.00 e. The molecule has 20 aromatic rings. The van der Waals surface area contributed by atoms with Gasteiger partial charge < -0.3 is 5.99 Å². The molecule has 0 spiro atoms. The minimum atomic E-state index is -1.97. The Bertz CT molecular complexity index is 7180. The Hall–Kier alpha value is -3.29. The number of alkyl halides is 2. The molecular weight excluding hydrogens is 2430 g/mol. The third-order valence-corrected chi connectivity index (χ3v) is 47.1. The van der Waals surface area contributed by atoms with E-state index in [0.717, 1.165) is 69.8 Å². The fourth-order valence-corrected chi connectivity index (χ4v) is 34.6. The van der Waals surface area contributed by atoms with Crippen molar-refractivity contribution >= 4 is 336 Å². The van der Waals surface area contributed by atoms with E-state index in [0.29, 0.717) is 0 Å². The monoisotopic (exact) mass is 2590 g/mol. The summed E-state index contributed by atoms with van der Waals surface area (Å²) >= 11 is 33.5. The Balaban J connectivity index is 0.000000279. The molecule has 144 heavy (non-hydrogen) atoms. The number of rotatable bonds is 17. The van der Waals surface area contributed by atoms with Crippen LogP contribution in [-0.2, 0) is 77.7 Å². The van der Waals surface area contributed by atoms with Crippen LogP contribution in [0.15, 0.2) is 242 Å². The summed E-state index contributed by atoms with van der Waals surface area (Å²) in [7, 11) is 1.97. The zero-order valence-electron chi connectivity index (χ0n) is 98.5. The van der Waals surface area contributed by atoms with E-state index < -0.39 is 35.2 Å². The summed E-state index contributed by atoms with van der Waals surface area (Å²) in [6, 6.07) is 73.3. The molecule has 4 nitrogen and oxygen atoms in total. The zero-order valence-corrected chi connectivity index (χ0v) is 110. The van der Waals surface area contributed by atoms with Gasteiger partial charge in [0.15, 0.2) is 0 Å². The van der Waals surface area contributed by atoms with Gasteiger partial charge in [-0.25, -0.2) is 0 Å². The second-order valence-corrected chi connectivity index (χ2v) is 72.7. The molecule has 1 atom stereocenters. The molecule has 761 valence electrons. The van der Waals surface area contributed by atoms with Crippen LogP contribution in [0.1, 0.15) is 232 Å². The molecule has 0 fully saturated rings.